The molecule has 0 aliphatic heterocycles. The summed E-state index contributed by atoms with van der Waals surface area (Å²) in [5.74, 6) is 4.24. The first-order valence-corrected chi connectivity index (χ1v) is 6.72. The number of ether oxygens (including phenoxy) is 1. The van der Waals surface area contributed by atoms with Crippen LogP contribution in [0, 0.1) is 5.82 Å². The highest BCUT2D eigenvalue weighted by atomic mass is 19.4. The van der Waals surface area contributed by atoms with Gasteiger partial charge in [-0.2, -0.15) is 13.2 Å². The number of rotatable bonds is 4. The van der Waals surface area contributed by atoms with Crippen LogP contribution in [0.1, 0.15) is 42.9 Å². The number of hydrogen-bond donors (Lipinski definition) is 2. The van der Waals surface area contributed by atoms with Crippen molar-refractivity contribution in [1.82, 2.24) is 5.43 Å². The largest absolute Gasteiger partial charge is 0.419 e. The molecule has 2 rings (SSSR count). The van der Waals surface area contributed by atoms with Gasteiger partial charge in [-0.15, -0.1) is 0 Å². The average molecular weight is 306 g/mol. The molecule has 7 heteroatoms. The molecule has 0 spiro atoms. The molecule has 1 aromatic carbocycles. The van der Waals surface area contributed by atoms with Crippen LogP contribution in [-0.4, -0.2) is 12.7 Å². The molecule has 0 bridgehead atoms. The van der Waals surface area contributed by atoms with Gasteiger partial charge in [0.25, 0.3) is 0 Å². The lowest BCUT2D eigenvalue weighted by Gasteiger charge is -2.36. The summed E-state index contributed by atoms with van der Waals surface area (Å²) in [6.07, 6.45) is -1.38. The molecule has 0 saturated heterocycles. The van der Waals surface area contributed by atoms with Gasteiger partial charge < -0.3 is 4.74 Å². The number of halogens is 4. The molecular weight excluding hydrogens is 288 g/mol. The summed E-state index contributed by atoms with van der Waals surface area (Å²) in [4.78, 5) is 0. The van der Waals surface area contributed by atoms with Crippen molar-refractivity contribution in [3.05, 3.63) is 35.1 Å². The van der Waals surface area contributed by atoms with Gasteiger partial charge in [0.2, 0.25) is 0 Å². The van der Waals surface area contributed by atoms with Gasteiger partial charge in [0.15, 0.2) is 0 Å². The molecule has 1 fully saturated rings. The van der Waals surface area contributed by atoms with Gasteiger partial charge in [-0.25, -0.2) is 4.39 Å². The first-order valence-electron chi connectivity index (χ1n) is 6.72. The Bertz CT molecular complexity index is 498. The molecule has 0 amide bonds. The Kier molecular flexibility index (Phi) is 4.55. The van der Waals surface area contributed by atoms with Crippen LogP contribution < -0.4 is 11.3 Å². The zero-order chi connectivity index (χ0) is 15.7. The maximum Gasteiger partial charge on any atom is 0.419 e. The first-order chi connectivity index (χ1) is 9.84. The van der Waals surface area contributed by atoms with E-state index in [1.807, 2.05) is 0 Å². The van der Waals surface area contributed by atoms with Crippen molar-refractivity contribution < 1.29 is 22.3 Å². The van der Waals surface area contributed by atoms with Gasteiger partial charge in [0.05, 0.1) is 17.2 Å². The fraction of sp³-hybridized carbons (Fsp3) is 0.571. The molecule has 1 atom stereocenters. The van der Waals surface area contributed by atoms with Crippen molar-refractivity contribution in [1.29, 1.82) is 0 Å². The maximum absolute atomic E-state index is 13.7. The van der Waals surface area contributed by atoms with Crippen LogP contribution in [-0.2, 0) is 10.9 Å². The molecule has 118 valence electrons. The molecule has 1 unspecified atom stereocenters. The number of hydrogen-bond acceptors (Lipinski definition) is 3. The van der Waals surface area contributed by atoms with E-state index in [0.717, 1.165) is 37.8 Å². The smallest absolute Gasteiger partial charge is 0.376 e. The molecular formula is C14H18F4N2O. The Morgan fingerprint density at radius 1 is 1.29 bits per heavy atom. The fourth-order valence-electron chi connectivity index (χ4n) is 3.08. The van der Waals surface area contributed by atoms with Crippen molar-refractivity contribution >= 4 is 0 Å². The minimum Gasteiger partial charge on any atom is -0.376 e. The Labute approximate surface area is 120 Å². The molecule has 1 aliphatic carbocycles. The van der Waals surface area contributed by atoms with Crippen LogP contribution in [0.3, 0.4) is 0 Å². The standard InChI is InChI=1S/C14H18F4N2O/c1-21-13(6-2-3-7-13)12(20-19)9-4-5-10(11(15)8-9)14(16,17)18/h4-5,8,12,20H,2-3,6-7,19H2,1H3. The van der Waals surface area contributed by atoms with E-state index in [9.17, 15) is 17.6 Å². The van der Waals surface area contributed by atoms with Gasteiger partial charge in [0, 0.05) is 7.11 Å². The van der Waals surface area contributed by atoms with Crippen molar-refractivity contribution in [2.24, 2.45) is 5.84 Å². The molecule has 21 heavy (non-hydrogen) atoms. The van der Waals surface area contributed by atoms with E-state index in [4.69, 9.17) is 10.6 Å². The van der Waals surface area contributed by atoms with Gasteiger partial charge in [-0.3, -0.25) is 11.3 Å². The quantitative estimate of drug-likeness (QED) is 0.510. The van der Waals surface area contributed by atoms with E-state index in [2.05, 4.69) is 5.43 Å². The second-order valence-corrected chi connectivity index (χ2v) is 5.31. The summed E-state index contributed by atoms with van der Waals surface area (Å²) in [6.45, 7) is 0. The summed E-state index contributed by atoms with van der Waals surface area (Å²) in [5.41, 5.74) is 1.03. The minimum absolute atomic E-state index is 0.353. The summed E-state index contributed by atoms with van der Waals surface area (Å²) in [5, 5.41) is 0. The second-order valence-electron chi connectivity index (χ2n) is 5.31. The molecule has 3 N–H and O–H groups in total. The topological polar surface area (TPSA) is 47.3 Å². The van der Waals surface area contributed by atoms with Crippen LogP contribution in [0.25, 0.3) is 0 Å². The maximum atomic E-state index is 13.7. The van der Waals surface area contributed by atoms with Gasteiger partial charge >= 0.3 is 6.18 Å². The molecule has 3 nitrogen and oxygen atoms in total. The number of nitrogens with two attached hydrogens (primary N) is 1. The normalized spacial score (nSPS) is 19.7. The number of methoxy groups -OCH3 is 1. The van der Waals surface area contributed by atoms with Gasteiger partial charge in [-0.1, -0.05) is 18.9 Å². The first kappa shape index (κ1) is 16.2. The third kappa shape index (κ3) is 3.04. The van der Waals surface area contributed by atoms with Crippen molar-refractivity contribution in [3.8, 4) is 0 Å². The van der Waals surface area contributed by atoms with Gasteiger partial charge in [-0.05, 0) is 30.5 Å². The Morgan fingerprint density at radius 3 is 2.33 bits per heavy atom. The Hall–Kier alpha value is -1.18. The predicted octanol–water partition coefficient (Wildman–Crippen LogP) is 3.31. The molecule has 0 radical (unpaired) electrons. The molecule has 1 saturated carbocycles. The summed E-state index contributed by atoms with van der Waals surface area (Å²) >= 11 is 0. The minimum atomic E-state index is -4.71. The van der Waals surface area contributed by atoms with Crippen LogP contribution >= 0.6 is 0 Å². The van der Waals surface area contributed by atoms with Crippen LogP contribution in [0.5, 0.6) is 0 Å². The van der Waals surface area contributed by atoms with E-state index >= 15 is 0 Å². The van der Waals surface area contributed by atoms with Crippen molar-refractivity contribution in [2.45, 2.75) is 43.5 Å². The number of nitrogens with one attached hydrogen (secondary N) is 1. The van der Waals surface area contributed by atoms with Crippen molar-refractivity contribution in [3.63, 3.8) is 0 Å². The highest BCUT2D eigenvalue weighted by molar-refractivity contribution is 5.30. The summed E-state index contributed by atoms with van der Waals surface area (Å²) in [6, 6.07) is 2.32. The van der Waals surface area contributed by atoms with E-state index in [-0.39, 0.29) is 0 Å². The van der Waals surface area contributed by atoms with Crippen molar-refractivity contribution in [2.75, 3.05) is 7.11 Å². The zero-order valence-corrected chi connectivity index (χ0v) is 11.6. The Balaban J connectivity index is 2.37. The third-order valence-corrected chi connectivity index (χ3v) is 4.18. The van der Waals surface area contributed by atoms with E-state index in [1.54, 1.807) is 0 Å². The SMILES string of the molecule is COC1(C(NN)c2ccc(C(F)(F)F)c(F)c2)CCCC1. The number of alkyl halides is 3. The molecule has 0 aromatic heterocycles. The fourth-order valence-corrected chi connectivity index (χ4v) is 3.08. The molecule has 1 aromatic rings. The number of benzene rings is 1. The van der Waals surface area contributed by atoms with Crippen LogP contribution in [0.4, 0.5) is 17.6 Å². The van der Waals surface area contributed by atoms with Crippen LogP contribution in [0.2, 0.25) is 0 Å². The predicted molar refractivity (Wildman–Crippen MR) is 69.7 cm³/mol. The number of hydrazine groups is 1. The van der Waals surface area contributed by atoms with E-state index in [1.165, 1.54) is 13.2 Å². The van der Waals surface area contributed by atoms with E-state index < -0.39 is 29.2 Å². The Morgan fingerprint density at radius 2 is 1.90 bits per heavy atom. The second kappa shape index (κ2) is 5.90. The molecule has 0 heterocycles. The third-order valence-electron chi connectivity index (χ3n) is 4.18. The lowest BCUT2D eigenvalue weighted by Crippen LogP contribution is -2.46. The highest BCUT2D eigenvalue weighted by Gasteiger charge is 2.43. The van der Waals surface area contributed by atoms with Crippen LogP contribution in [0.15, 0.2) is 18.2 Å². The van der Waals surface area contributed by atoms with Gasteiger partial charge in [0.1, 0.15) is 5.82 Å². The molecule has 1 aliphatic rings. The monoisotopic (exact) mass is 306 g/mol. The zero-order valence-electron chi connectivity index (χ0n) is 11.6. The summed E-state index contributed by atoms with van der Waals surface area (Å²) in [7, 11) is 1.54. The lowest BCUT2D eigenvalue weighted by molar-refractivity contribution is -0.140. The summed E-state index contributed by atoms with van der Waals surface area (Å²) < 4.78 is 57.1. The lowest BCUT2D eigenvalue weighted by atomic mass is 9.86. The van der Waals surface area contributed by atoms with E-state index in [0.29, 0.717) is 5.56 Å². The highest BCUT2D eigenvalue weighted by Crippen LogP contribution is 2.43. The average Bonchev–Trinajstić information content (AvgIpc) is 2.88.